The van der Waals surface area contributed by atoms with Crippen molar-refractivity contribution in [3.8, 4) is 0 Å². The lowest BCUT2D eigenvalue weighted by atomic mass is 9.94. The second-order valence-electron chi connectivity index (χ2n) is 4.82. The third kappa shape index (κ3) is 3.33. The second-order valence-corrected chi connectivity index (χ2v) is 4.82. The number of nitrogens with zero attached hydrogens (tertiary/aromatic N) is 1. The van der Waals surface area contributed by atoms with E-state index in [4.69, 9.17) is 5.73 Å². The van der Waals surface area contributed by atoms with Crippen molar-refractivity contribution < 1.29 is 18.3 Å². The third-order valence-electron chi connectivity index (χ3n) is 3.35. The zero-order valence-corrected chi connectivity index (χ0v) is 11.4. The number of rotatable bonds is 3. The number of nitrogen functional groups attached to an aromatic ring is 1. The van der Waals surface area contributed by atoms with Crippen molar-refractivity contribution in [2.45, 2.75) is 19.0 Å². The predicted molar refractivity (Wildman–Crippen MR) is 73.8 cm³/mol. The van der Waals surface area contributed by atoms with E-state index in [0.29, 0.717) is 11.4 Å². The smallest absolute Gasteiger partial charge is 0.399 e. The van der Waals surface area contributed by atoms with Crippen molar-refractivity contribution in [2.24, 2.45) is 0 Å². The first-order valence-corrected chi connectivity index (χ1v) is 6.33. The summed E-state index contributed by atoms with van der Waals surface area (Å²) in [5, 5.41) is 9.53. The molecule has 21 heavy (non-hydrogen) atoms. The monoisotopic (exact) mass is 296 g/mol. The number of aliphatic hydroxyl groups excluding tert-OH is 1. The number of benzene rings is 1. The van der Waals surface area contributed by atoms with Crippen molar-refractivity contribution in [1.82, 2.24) is 4.98 Å². The molecule has 0 amide bonds. The fourth-order valence-electron chi connectivity index (χ4n) is 2.06. The van der Waals surface area contributed by atoms with Gasteiger partial charge in [0.25, 0.3) is 0 Å². The van der Waals surface area contributed by atoms with Crippen LogP contribution in [0.5, 0.6) is 0 Å². The third-order valence-corrected chi connectivity index (χ3v) is 3.35. The average Bonchev–Trinajstić information content (AvgIpc) is 2.43. The van der Waals surface area contributed by atoms with Crippen LogP contribution in [0.4, 0.5) is 18.9 Å². The van der Waals surface area contributed by atoms with Crippen LogP contribution in [0.1, 0.15) is 28.3 Å². The summed E-state index contributed by atoms with van der Waals surface area (Å²) in [6.45, 7) is 1.58. The molecule has 0 aliphatic rings. The lowest BCUT2D eigenvalue weighted by molar-refractivity contribution is -0.137. The Bertz CT molecular complexity index is 624. The van der Waals surface area contributed by atoms with Gasteiger partial charge in [-0.05, 0) is 36.2 Å². The highest BCUT2D eigenvalue weighted by molar-refractivity contribution is 5.49. The van der Waals surface area contributed by atoms with Crippen LogP contribution < -0.4 is 5.73 Å². The molecular weight excluding hydrogens is 281 g/mol. The number of anilines is 1. The van der Waals surface area contributed by atoms with Crippen LogP contribution in [-0.4, -0.2) is 16.7 Å². The summed E-state index contributed by atoms with van der Waals surface area (Å²) in [5.74, 6) is -0.480. The average molecular weight is 296 g/mol. The first-order chi connectivity index (χ1) is 9.82. The van der Waals surface area contributed by atoms with Crippen LogP contribution >= 0.6 is 0 Å². The molecule has 1 aromatic heterocycles. The first kappa shape index (κ1) is 15.3. The van der Waals surface area contributed by atoms with Gasteiger partial charge in [0.2, 0.25) is 0 Å². The molecule has 1 heterocycles. The van der Waals surface area contributed by atoms with Crippen LogP contribution in [0, 0.1) is 6.92 Å². The molecule has 112 valence electrons. The molecule has 0 bridgehead atoms. The lowest BCUT2D eigenvalue weighted by Crippen LogP contribution is -2.11. The van der Waals surface area contributed by atoms with E-state index in [2.05, 4.69) is 4.98 Å². The van der Waals surface area contributed by atoms with Crippen molar-refractivity contribution in [2.75, 3.05) is 12.3 Å². The molecule has 1 atom stereocenters. The summed E-state index contributed by atoms with van der Waals surface area (Å²) < 4.78 is 37.6. The first-order valence-electron chi connectivity index (χ1n) is 6.33. The fraction of sp³-hybridized carbons (Fsp3) is 0.267. The number of hydrogen-bond donors (Lipinski definition) is 2. The largest absolute Gasteiger partial charge is 0.417 e. The minimum absolute atomic E-state index is 0.248. The fourth-order valence-corrected chi connectivity index (χ4v) is 2.06. The SMILES string of the molecule is Cc1cc(C(CO)c2ccc(C(F)(F)F)cn2)ccc1N. The van der Waals surface area contributed by atoms with Gasteiger partial charge in [0, 0.05) is 17.8 Å². The molecule has 3 nitrogen and oxygen atoms in total. The van der Waals surface area contributed by atoms with Gasteiger partial charge in [-0.25, -0.2) is 0 Å². The summed E-state index contributed by atoms with van der Waals surface area (Å²) in [5.41, 5.74) is 7.54. The Kier molecular flexibility index (Phi) is 4.18. The molecule has 0 aliphatic carbocycles. The molecule has 0 aliphatic heterocycles. The lowest BCUT2D eigenvalue weighted by Gasteiger charge is -2.16. The second kappa shape index (κ2) is 5.73. The van der Waals surface area contributed by atoms with Gasteiger partial charge in [0.1, 0.15) is 0 Å². The summed E-state index contributed by atoms with van der Waals surface area (Å²) in [4.78, 5) is 3.83. The maximum atomic E-state index is 12.5. The zero-order chi connectivity index (χ0) is 15.6. The number of aryl methyl sites for hydroxylation is 1. The van der Waals surface area contributed by atoms with Gasteiger partial charge in [-0.3, -0.25) is 4.98 Å². The van der Waals surface area contributed by atoms with E-state index in [0.717, 1.165) is 23.4 Å². The standard InChI is InChI=1S/C15H15F3N2O/c1-9-6-10(2-4-13(9)19)12(8-21)14-5-3-11(7-20-14)15(16,17)18/h2-7,12,21H,8,19H2,1H3. The molecule has 1 unspecified atom stereocenters. The van der Waals surface area contributed by atoms with Crippen LogP contribution in [0.3, 0.4) is 0 Å². The van der Waals surface area contributed by atoms with Gasteiger partial charge in [-0.2, -0.15) is 13.2 Å². The quantitative estimate of drug-likeness (QED) is 0.856. The van der Waals surface area contributed by atoms with E-state index in [1.54, 1.807) is 18.2 Å². The summed E-state index contributed by atoms with van der Waals surface area (Å²) in [6.07, 6.45) is -3.64. The van der Waals surface area contributed by atoms with Crippen LogP contribution in [0.2, 0.25) is 0 Å². The molecule has 1 aromatic carbocycles. The number of pyridine rings is 1. The number of aromatic nitrogens is 1. The number of alkyl halides is 3. The zero-order valence-electron chi connectivity index (χ0n) is 11.4. The predicted octanol–water partition coefficient (Wildman–Crippen LogP) is 3.12. The number of halogens is 3. The Balaban J connectivity index is 2.35. The van der Waals surface area contributed by atoms with Crippen LogP contribution in [0.15, 0.2) is 36.5 Å². The van der Waals surface area contributed by atoms with E-state index in [1.165, 1.54) is 6.07 Å². The topological polar surface area (TPSA) is 59.1 Å². The molecule has 0 radical (unpaired) electrons. The number of hydrogen-bond acceptors (Lipinski definition) is 3. The highest BCUT2D eigenvalue weighted by Crippen LogP contribution is 2.30. The van der Waals surface area contributed by atoms with Gasteiger partial charge < -0.3 is 10.8 Å². The van der Waals surface area contributed by atoms with Crippen molar-refractivity contribution in [1.29, 1.82) is 0 Å². The molecule has 0 saturated heterocycles. The van der Waals surface area contributed by atoms with Crippen molar-refractivity contribution in [3.05, 3.63) is 58.9 Å². The maximum Gasteiger partial charge on any atom is 0.417 e. The molecule has 6 heteroatoms. The molecular formula is C15H15F3N2O. The molecule has 0 spiro atoms. The minimum atomic E-state index is -4.42. The summed E-state index contributed by atoms with van der Waals surface area (Å²) in [7, 11) is 0. The van der Waals surface area contributed by atoms with Gasteiger partial charge >= 0.3 is 6.18 Å². The molecule has 0 fully saturated rings. The highest BCUT2D eigenvalue weighted by Gasteiger charge is 2.31. The Hall–Kier alpha value is -2.08. The Morgan fingerprint density at radius 2 is 1.95 bits per heavy atom. The van der Waals surface area contributed by atoms with E-state index >= 15 is 0 Å². The van der Waals surface area contributed by atoms with Gasteiger partial charge in [0.05, 0.1) is 17.9 Å². The Morgan fingerprint density at radius 3 is 2.43 bits per heavy atom. The molecule has 2 aromatic rings. The molecule has 0 saturated carbocycles. The highest BCUT2D eigenvalue weighted by atomic mass is 19.4. The van der Waals surface area contributed by atoms with Crippen molar-refractivity contribution in [3.63, 3.8) is 0 Å². The van der Waals surface area contributed by atoms with Crippen LogP contribution in [0.25, 0.3) is 0 Å². The van der Waals surface area contributed by atoms with E-state index < -0.39 is 17.7 Å². The van der Waals surface area contributed by atoms with E-state index in [9.17, 15) is 18.3 Å². The van der Waals surface area contributed by atoms with Crippen molar-refractivity contribution >= 4 is 5.69 Å². The Labute approximate surface area is 120 Å². The Morgan fingerprint density at radius 1 is 1.24 bits per heavy atom. The summed E-state index contributed by atoms with van der Waals surface area (Å²) in [6, 6.07) is 7.50. The van der Waals surface area contributed by atoms with E-state index in [1.807, 2.05) is 6.92 Å². The van der Waals surface area contributed by atoms with Gasteiger partial charge in [-0.15, -0.1) is 0 Å². The number of nitrogens with two attached hydrogens (primary N) is 1. The molecule has 2 rings (SSSR count). The van der Waals surface area contributed by atoms with Gasteiger partial charge in [-0.1, -0.05) is 12.1 Å². The minimum Gasteiger partial charge on any atom is -0.399 e. The van der Waals surface area contributed by atoms with Crippen LogP contribution in [-0.2, 0) is 6.18 Å². The molecule has 3 N–H and O–H groups in total. The maximum absolute atomic E-state index is 12.5. The van der Waals surface area contributed by atoms with Gasteiger partial charge in [0.15, 0.2) is 0 Å². The summed E-state index contributed by atoms with van der Waals surface area (Å²) >= 11 is 0. The van der Waals surface area contributed by atoms with E-state index in [-0.39, 0.29) is 6.61 Å². The normalized spacial score (nSPS) is 13.2. The number of aliphatic hydroxyl groups is 1.